The van der Waals surface area contributed by atoms with Crippen molar-refractivity contribution in [3.8, 4) is 0 Å². The highest BCUT2D eigenvalue weighted by atomic mass is 35.5. The van der Waals surface area contributed by atoms with E-state index < -0.39 is 0 Å². The first-order valence-corrected chi connectivity index (χ1v) is 4.79. The van der Waals surface area contributed by atoms with E-state index in [0.717, 1.165) is 22.0 Å². The van der Waals surface area contributed by atoms with Gasteiger partial charge < -0.3 is 5.73 Å². The van der Waals surface area contributed by atoms with Gasteiger partial charge in [0.1, 0.15) is 0 Å². The van der Waals surface area contributed by atoms with Gasteiger partial charge in [0.25, 0.3) is 0 Å². The van der Waals surface area contributed by atoms with Crippen LogP contribution in [0.4, 0.5) is 5.69 Å². The van der Waals surface area contributed by atoms with Crippen LogP contribution in [0.5, 0.6) is 0 Å². The molecule has 0 bridgehead atoms. The van der Waals surface area contributed by atoms with Crippen molar-refractivity contribution in [2.75, 3.05) is 5.73 Å². The standard InChI is InChI=1S/C11H11ClN2/c1-6-5-9(13)11-10(7(6)2)8(12)3-4-14-11/h3-5H,13H2,1-2H3. The van der Waals surface area contributed by atoms with Crippen LogP contribution in [0.25, 0.3) is 10.9 Å². The van der Waals surface area contributed by atoms with E-state index in [0.29, 0.717) is 10.7 Å². The van der Waals surface area contributed by atoms with Gasteiger partial charge in [-0.25, -0.2) is 0 Å². The number of fused-ring (bicyclic) bond motifs is 1. The summed E-state index contributed by atoms with van der Waals surface area (Å²) < 4.78 is 0. The van der Waals surface area contributed by atoms with Gasteiger partial charge in [0, 0.05) is 11.6 Å². The monoisotopic (exact) mass is 206 g/mol. The topological polar surface area (TPSA) is 38.9 Å². The highest BCUT2D eigenvalue weighted by molar-refractivity contribution is 6.36. The van der Waals surface area contributed by atoms with Gasteiger partial charge in [-0.2, -0.15) is 0 Å². The predicted octanol–water partition coefficient (Wildman–Crippen LogP) is 3.09. The van der Waals surface area contributed by atoms with Crippen LogP contribution in [0.2, 0.25) is 5.02 Å². The molecule has 0 radical (unpaired) electrons. The van der Waals surface area contributed by atoms with Crippen molar-refractivity contribution >= 4 is 28.2 Å². The normalized spacial score (nSPS) is 10.8. The minimum atomic E-state index is 0.686. The van der Waals surface area contributed by atoms with Crippen LogP contribution in [0.3, 0.4) is 0 Å². The zero-order chi connectivity index (χ0) is 10.3. The Hall–Kier alpha value is -1.28. The third-order valence-corrected chi connectivity index (χ3v) is 2.83. The van der Waals surface area contributed by atoms with Crippen molar-refractivity contribution in [3.05, 3.63) is 34.5 Å². The average Bonchev–Trinajstić information content (AvgIpc) is 2.14. The number of nitrogens with zero attached hydrogens (tertiary/aromatic N) is 1. The number of anilines is 1. The second-order valence-electron chi connectivity index (χ2n) is 3.42. The van der Waals surface area contributed by atoms with Crippen LogP contribution in [0, 0.1) is 13.8 Å². The number of rotatable bonds is 0. The molecule has 0 atom stereocenters. The Balaban J connectivity index is 3.03. The van der Waals surface area contributed by atoms with Crippen LogP contribution < -0.4 is 5.73 Å². The zero-order valence-electron chi connectivity index (χ0n) is 8.13. The molecule has 3 heteroatoms. The number of aryl methyl sites for hydroxylation is 2. The molecular weight excluding hydrogens is 196 g/mol. The summed E-state index contributed by atoms with van der Waals surface area (Å²) in [6, 6.07) is 3.72. The number of benzene rings is 1. The van der Waals surface area contributed by atoms with Crippen molar-refractivity contribution in [1.29, 1.82) is 0 Å². The third kappa shape index (κ3) is 1.23. The van der Waals surface area contributed by atoms with Crippen molar-refractivity contribution in [2.24, 2.45) is 0 Å². The Kier molecular flexibility index (Phi) is 2.08. The molecule has 0 saturated carbocycles. The molecule has 2 aromatic rings. The minimum Gasteiger partial charge on any atom is -0.397 e. The molecule has 0 spiro atoms. The maximum atomic E-state index is 6.11. The van der Waals surface area contributed by atoms with Crippen molar-refractivity contribution in [1.82, 2.24) is 4.98 Å². The molecule has 0 aliphatic heterocycles. The van der Waals surface area contributed by atoms with E-state index >= 15 is 0 Å². The molecule has 1 heterocycles. The third-order valence-electron chi connectivity index (χ3n) is 2.51. The second kappa shape index (κ2) is 3.14. The number of nitrogens with two attached hydrogens (primary N) is 1. The lowest BCUT2D eigenvalue weighted by atomic mass is 10.0. The van der Waals surface area contributed by atoms with Gasteiger partial charge in [0.05, 0.1) is 16.2 Å². The second-order valence-corrected chi connectivity index (χ2v) is 3.83. The molecule has 2 nitrogen and oxygen atoms in total. The highest BCUT2D eigenvalue weighted by Gasteiger charge is 2.08. The quantitative estimate of drug-likeness (QED) is 0.673. The fraction of sp³-hybridized carbons (Fsp3) is 0.182. The first-order valence-electron chi connectivity index (χ1n) is 4.41. The number of nitrogen functional groups attached to an aromatic ring is 1. The summed E-state index contributed by atoms with van der Waals surface area (Å²) in [6.07, 6.45) is 1.68. The van der Waals surface area contributed by atoms with Gasteiger partial charge in [0.2, 0.25) is 0 Å². The Morgan fingerprint density at radius 1 is 1.36 bits per heavy atom. The molecule has 72 valence electrons. The summed E-state index contributed by atoms with van der Waals surface area (Å²) >= 11 is 6.11. The fourth-order valence-electron chi connectivity index (χ4n) is 1.62. The minimum absolute atomic E-state index is 0.686. The first kappa shape index (κ1) is 9.28. The van der Waals surface area contributed by atoms with Crippen LogP contribution in [0.15, 0.2) is 18.3 Å². The number of halogens is 1. The van der Waals surface area contributed by atoms with Crippen molar-refractivity contribution in [2.45, 2.75) is 13.8 Å². The fourth-order valence-corrected chi connectivity index (χ4v) is 1.91. The lowest BCUT2D eigenvalue weighted by molar-refractivity contribution is 1.34. The molecule has 0 aliphatic rings. The number of hydrogen-bond acceptors (Lipinski definition) is 2. The molecule has 0 unspecified atom stereocenters. The SMILES string of the molecule is Cc1cc(N)c2nccc(Cl)c2c1C. The van der Waals surface area contributed by atoms with Crippen LogP contribution in [-0.2, 0) is 0 Å². The molecule has 0 amide bonds. The van der Waals surface area contributed by atoms with E-state index in [2.05, 4.69) is 4.98 Å². The maximum absolute atomic E-state index is 6.11. The Bertz CT molecular complexity index is 506. The van der Waals surface area contributed by atoms with Gasteiger partial charge >= 0.3 is 0 Å². The summed E-state index contributed by atoms with van der Waals surface area (Å²) in [5.41, 5.74) is 9.64. The van der Waals surface area contributed by atoms with Crippen molar-refractivity contribution < 1.29 is 0 Å². The first-order chi connectivity index (χ1) is 6.61. The summed E-state index contributed by atoms with van der Waals surface area (Å²) in [5.74, 6) is 0. The summed E-state index contributed by atoms with van der Waals surface area (Å²) in [4.78, 5) is 4.23. The lowest BCUT2D eigenvalue weighted by Crippen LogP contribution is -1.94. The molecule has 14 heavy (non-hydrogen) atoms. The number of hydrogen-bond donors (Lipinski definition) is 1. The Morgan fingerprint density at radius 2 is 2.07 bits per heavy atom. The molecule has 1 aromatic carbocycles. The maximum Gasteiger partial charge on any atom is 0.0948 e. The zero-order valence-corrected chi connectivity index (χ0v) is 8.89. The largest absolute Gasteiger partial charge is 0.397 e. The Morgan fingerprint density at radius 3 is 2.79 bits per heavy atom. The molecule has 2 rings (SSSR count). The van der Waals surface area contributed by atoms with E-state index in [1.54, 1.807) is 12.3 Å². The summed E-state index contributed by atoms with van der Waals surface area (Å²) in [7, 11) is 0. The average molecular weight is 207 g/mol. The van der Waals surface area contributed by atoms with E-state index in [1.807, 2.05) is 19.9 Å². The van der Waals surface area contributed by atoms with E-state index in [4.69, 9.17) is 17.3 Å². The highest BCUT2D eigenvalue weighted by Crippen LogP contribution is 2.30. The molecular formula is C11H11ClN2. The smallest absolute Gasteiger partial charge is 0.0948 e. The van der Waals surface area contributed by atoms with E-state index in [9.17, 15) is 0 Å². The number of pyridine rings is 1. The predicted molar refractivity (Wildman–Crippen MR) is 60.6 cm³/mol. The molecule has 0 saturated heterocycles. The van der Waals surface area contributed by atoms with Crippen LogP contribution in [0.1, 0.15) is 11.1 Å². The van der Waals surface area contributed by atoms with Crippen LogP contribution in [-0.4, -0.2) is 4.98 Å². The Labute approximate surface area is 87.7 Å². The lowest BCUT2D eigenvalue weighted by Gasteiger charge is -2.09. The molecule has 2 N–H and O–H groups in total. The molecule has 0 fully saturated rings. The van der Waals surface area contributed by atoms with Gasteiger partial charge in [-0.05, 0) is 37.1 Å². The molecule has 1 aromatic heterocycles. The van der Waals surface area contributed by atoms with Crippen molar-refractivity contribution in [3.63, 3.8) is 0 Å². The van der Waals surface area contributed by atoms with Gasteiger partial charge in [-0.1, -0.05) is 11.6 Å². The van der Waals surface area contributed by atoms with E-state index in [-0.39, 0.29) is 0 Å². The summed E-state index contributed by atoms with van der Waals surface area (Å²) in [5, 5.41) is 1.68. The van der Waals surface area contributed by atoms with E-state index in [1.165, 1.54) is 0 Å². The van der Waals surface area contributed by atoms with Gasteiger partial charge in [0.15, 0.2) is 0 Å². The number of aromatic nitrogens is 1. The van der Waals surface area contributed by atoms with Crippen LogP contribution >= 0.6 is 11.6 Å². The summed E-state index contributed by atoms with van der Waals surface area (Å²) in [6.45, 7) is 4.05. The molecule has 0 aliphatic carbocycles. The van der Waals surface area contributed by atoms with Gasteiger partial charge in [-0.3, -0.25) is 4.98 Å². The van der Waals surface area contributed by atoms with Gasteiger partial charge in [-0.15, -0.1) is 0 Å².